The molecule has 0 aliphatic carbocycles. The Bertz CT molecular complexity index is 1120. The molecule has 0 saturated carbocycles. The van der Waals surface area contributed by atoms with Crippen molar-refractivity contribution in [1.29, 1.82) is 0 Å². The summed E-state index contributed by atoms with van der Waals surface area (Å²) in [6.07, 6.45) is 1.31. The summed E-state index contributed by atoms with van der Waals surface area (Å²) < 4.78 is 33.7. The second kappa shape index (κ2) is 10.4. The normalized spacial score (nSPS) is 16.0. The van der Waals surface area contributed by atoms with Crippen molar-refractivity contribution in [3.8, 4) is 0 Å². The molecule has 0 radical (unpaired) electrons. The van der Waals surface area contributed by atoms with E-state index in [1.807, 2.05) is 19.1 Å². The zero-order valence-corrected chi connectivity index (χ0v) is 20.3. The van der Waals surface area contributed by atoms with E-state index in [2.05, 4.69) is 10.0 Å². The van der Waals surface area contributed by atoms with E-state index in [1.165, 1.54) is 6.07 Å². The van der Waals surface area contributed by atoms with Gasteiger partial charge in [0.2, 0.25) is 5.91 Å². The molecule has 2 N–H and O–H groups in total. The first-order chi connectivity index (χ1) is 15.6. The highest BCUT2D eigenvalue weighted by Crippen LogP contribution is 2.26. The maximum absolute atomic E-state index is 13.2. The molecule has 1 atom stereocenters. The molecule has 2 amide bonds. The van der Waals surface area contributed by atoms with Crippen LogP contribution in [0.4, 0.5) is 5.69 Å². The topological polar surface area (TPSA) is 105 Å². The second-order valence-corrected chi connectivity index (χ2v) is 9.97. The van der Waals surface area contributed by atoms with Crippen molar-refractivity contribution in [3.63, 3.8) is 0 Å². The maximum atomic E-state index is 13.2. The number of hydrogen-bond donors (Lipinski definition) is 2. The van der Waals surface area contributed by atoms with Crippen molar-refractivity contribution in [2.24, 2.45) is 0 Å². The van der Waals surface area contributed by atoms with Crippen LogP contribution < -0.4 is 10.0 Å². The monoisotopic (exact) mass is 473 g/mol. The van der Waals surface area contributed by atoms with E-state index in [9.17, 15) is 18.0 Å². The van der Waals surface area contributed by atoms with Gasteiger partial charge in [0.25, 0.3) is 15.9 Å². The summed E-state index contributed by atoms with van der Waals surface area (Å²) >= 11 is 0. The largest absolute Gasteiger partial charge is 0.383 e. The number of aryl methyl sites for hydroxylation is 3. The molecule has 0 spiro atoms. The van der Waals surface area contributed by atoms with Crippen LogP contribution in [0, 0.1) is 20.8 Å². The second-order valence-electron chi connectivity index (χ2n) is 8.35. The zero-order valence-electron chi connectivity index (χ0n) is 19.5. The summed E-state index contributed by atoms with van der Waals surface area (Å²) in [5, 5.41) is 2.79. The van der Waals surface area contributed by atoms with E-state index in [-0.39, 0.29) is 16.7 Å². The third-order valence-electron chi connectivity index (χ3n) is 5.66. The van der Waals surface area contributed by atoms with Crippen LogP contribution in [0.3, 0.4) is 0 Å². The summed E-state index contributed by atoms with van der Waals surface area (Å²) in [6.45, 7) is 6.69. The van der Waals surface area contributed by atoms with E-state index in [0.29, 0.717) is 48.5 Å². The Labute approximate surface area is 195 Å². The highest BCUT2D eigenvalue weighted by atomic mass is 32.2. The van der Waals surface area contributed by atoms with Crippen molar-refractivity contribution in [3.05, 3.63) is 58.7 Å². The predicted molar refractivity (Wildman–Crippen MR) is 127 cm³/mol. The summed E-state index contributed by atoms with van der Waals surface area (Å²) in [7, 11) is -2.29. The number of nitrogens with one attached hydrogen (secondary N) is 2. The minimum Gasteiger partial charge on any atom is -0.383 e. The lowest BCUT2D eigenvalue weighted by Crippen LogP contribution is -2.46. The fourth-order valence-corrected chi connectivity index (χ4v) is 5.86. The van der Waals surface area contributed by atoms with Crippen LogP contribution in [0.5, 0.6) is 0 Å². The number of anilines is 1. The van der Waals surface area contributed by atoms with Gasteiger partial charge in [-0.25, -0.2) is 8.42 Å². The molecule has 0 bridgehead atoms. The minimum atomic E-state index is -3.84. The van der Waals surface area contributed by atoms with Crippen molar-refractivity contribution in [2.75, 3.05) is 31.5 Å². The lowest BCUT2D eigenvalue weighted by atomic mass is 10.1. The van der Waals surface area contributed by atoms with Gasteiger partial charge in [-0.1, -0.05) is 23.8 Å². The molecule has 1 heterocycles. The summed E-state index contributed by atoms with van der Waals surface area (Å²) in [5.74, 6) is -0.511. The number of ether oxygens (including phenoxy) is 1. The fraction of sp³-hybridized carbons (Fsp3) is 0.417. The molecule has 2 aromatic carbocycles. The quantitative estimate of drug-likeness (QED) is 0.574. The molecule has 8 nitrogen and oxygen atoms in total. The Morgan fingerprint density at radius 3 is 2.48 bits per heavy atom. The maximum Gasteiger partial charge on any atom is 0.262 e. The van der Waals surface area contributed by atoms with Gasteiger partial charge >= 0.3 is 0 Å². The lowest BCUT2D eigenvalue weighted by Gasteiger charge is -2.24. The number of carbonyl (C=O) groups excluding carboxylic acids is 2. The number of carbonyl (C=O) groups is 2. The SMILES string of the molecule is COCCNC(=O)C1CCCN1C(=O)c1cccc(NS(=O)(=O)c2c(C)cc(C)cc2C)c1. The molecule has 2 aromatic rings. The molecule has 1 saturated heterocycles. The van der Waals surface area contributed by atoms with E-state index < -0.39 is 16.1 Å². The van der Waals surface area contributed by atoms with Gasteiger partial charge in [0.05, 0.1) is 11.5 Å². The van der Waals surface area contributed by atoms with Gasteiger partial charge in [-0.15, -0.1) is 0 Å². The Hall–Kier alpha value is -2.91. The minimum absolute atomic E-state index is 0.208. The highest BCUT2D eigenvalue weighted by molar-refractivity contribution is 7.92. The van der Waals surface area contributed by atoms with E-state index >= 15 is 0 Å². The van der Waals surface area contributed by atoms with Gasteiger partial charge in [0.1, 0.15) is 6.04 Å². The van der Waals surface area contributed by atoms with Gasteiger partial charge < -0.3 is 15.0 Å². The smallest absolute Gasteiger partial charge is 0.262 e. The summed E-state index contributed by atoms with van der Waals surface area (Å²) in [4.78, 5) is 27.5. The van der Waals surface area contributed by atoms with Gasteiger partial charge in [0.15, 0.2) is 0 Å². The Morgan fingerprint density at radius 2 is 1.82 bits per heavy atom. The molecular formula is C24H31N3O5S. The first-order valence-electron chi connectivity index (χ1n) is 10.9. The zero-order chi connectivity index (χ0) is 24.2. The number of amides is 2. The molecule has 3 rings (SSSR count). The van der Waals surface area contributed by atoms with Crippen LogP contribution >= 0.6 is 0 Å². The molecule has 1 aliphatic heterocycles. The van der Waals surface area contributed by atoms with Crippen LogP contribution in [0.1, 0.15) is 39.9 Å². The standard InChI is InChI=1S/C24H31N3O5S/c1-16-13-17(2)22(18(3)14-16)33(30,31)26-20-8-5-7-19(15-20)24(29)27-11-6-9-21(27)23(28)25-10-12-32-4/h5,7-8,13-15,21,26H,6,9-12H2,1-4H3,(H,25,28). The number of methoxy groups -OCH3 is 1. The third-order valence-corrected chi connectivity index (χ3v) is 7.34. The number of hydrogen-bond acceptors (Lipinski definition) is 5. The fourth-order valence-electron chi connectivity index (χ4n) is 4.35. The van der Waals surface area contributed by atoms with Crippen molar-refractivity contribution < 1.29 is 22.7 Å². The van der Waals surface area contributed by atoms with Crippen molar-refractivity contribution in [2.45, 2.75) is 44.6 Å². The lowest BCUT2D eigenvalue weighted by molar-refractivity contribution is -0.125. The Kier molecular flexibility index (Phi) is 7.76. The van der Waals surface area contributed by atoms with Gasteiger partial charge in [-0.3, -0.25) is 14.3 Å². The van der Waals surface area contributed by atoms with Gasteiger partial charge in [0, 0.05) is 31.5 Å². The van der Waals surface area contributed by atoms with Crippen LogP contribution in [0.15, 0.2) is 41.3 Å². The number of sulfonamides is 1. The first kappa shape index (κ1) is 24.7. The summed E-state index contributed by atoms with van der Waals surface area (Å²) in [5.41, 5.74) is 2.92. The molecule has 178 valence electrons. The molecule has 9 heteroatoms. The van der Waals surface area contributed by atoms with Crippen molar-refractivity contribution in [1.82, 2.24) is 10.2 Å². The molecule has 1 aliphatic rings. The van der Waals surface area contributed by atoms with Crippen LogP contribution in [-0.2, 0) is 19.6 Å². The molecule has 1 fully saturated rings. The number of likely N-dealkylation sites (tertiary alicyclic amines) is 1. The van der Waals surface area contributed by atoms with Crippen molar-refractivity contribution >= 4 is 27.5 Å². The molecule has 0 aromatic heterocycles. The number of nitrogens with zero attached hydrogens (tertiary/aromatic N) is 1. The van der Waals surface area contributed by atoms with Crippen LogP contribution in [0.2, 0.25) is 0 Å². The average molecular weight is 474 g/mol. The molecular weight excluding hydrogens is 442 g/mol. The van der Waals surface area contributed by atoms with Gasteiger partial charge in [-0.2, -0.15) is 0 Å². The molecule has 33 heavy (non-hydrogen) atoms. The first-order valence-corrected chi connectivity index (χ1v) is 12.4. The number of rotatable bonds is 8. The van der Waals surface area contributed by atoms with E-state index in [0.717, 1.165) is 12.0 Å². The Morgan fingerprint density at radius 1 is 1.12 bits per heavy atom. The Balaban J connectivity index is 1.79. The predicted octanol–water partition coefficient (Wildman–Crippen LogP) is 2.78. The van der Waals surface area contributed by atoms with E-state index in [4.69, 9.17) is 4.74 Å². The van der Waals surface area contributed by atoms with Crippen LogP contribution in [0.25, 0.3) is 0 Å². The summed E-state index contributed by atoms with van der Waals surface area (Å²) in [6, 6.07) is 9.47. The highest BCUT2D eigenvalue weighted by Gasteiger charge is 2.34. The molecule has 1 unspecified atom stereocenters. The average Bonchev–Trinajstić information content (AvgIpc) is 3.22. The third kappa shape index (κ3) is 5.72. The van der Waals surface area contributed by atoms with E-state index in [1.54, 1.807) is 44.1 Å². The number of benzene rings is 2. The van der Waals surface area contributed by atoms with Gasteiger partial charge in [-0.05, 0) is 62.9 Å². The van der Waals surface area contributed by atoms with Crippen LogP contribution in [-0.4, -0.2) is 58.0 Å².